The molecule has 0 unspecified atom stereocenters. The molecule has 4 nitrogen and oxygen atoms in total. The molecule has 3 heterocycles. The number of hydrogen-bond acceptors (Lipinski definition) is 2. The van der Waals surface area contributed by atoms with Crippen molar-refractivity contribution in [1.82, 2.24) is 14.8 Å². The predicted molar refractivity (Wildman–Crippen MR) is 107 cm³/mol. The number of nitrogens with one attached hydrogen (secondary N) is 1. The second kappa shape index (κ2) is 7.07. The van der Waals surface area contributed by atoms with Crippen molar-refractivity contribution < 1.29 is 4.79 Å². The van der Waals surface area contributed by atoms with Crippen LogP contribution in [0.4, 0.5) is 0 Å². The van der Waals surface area contributed by atoms with Crippen molar-refractivity contribution in [3.63, 3.8) is 0 Å². The fraction of sp³-hybridized carbons (Fsp3) is 0.591. The normalized spacial score (nSPS) is 22.9. The van der Waals surface area contributed by atoms with Crippen LogP contribution in [-0.4, -0.2) is 53.4 Å². The monoisotopic (exact) mass is 353 g/mol. The second-order valence-corrected chi connectivity index (χ2v) is 8.28. The molecule has 2 saturated heterocycles. The van der Waals surface area contributed by atoms with Gasteiger partial charge in [-0.2, -0.15) is 0 Å². The molecule has 1 atom stereocenters. The first-order valence-electron chi connectivity index (χ1n) is 10.1. The Morgan fingerprint density at radius 1 is 1.08 bits per heavy atom. The molecule has 0 bridgehead atoms. The zero-order chi connectivity index (χ0) is 18.3. The molecule has 2 aliphatic rings. The molecule has 140 valence electrons. The summed E-state index contributed by atoms with van der Waals surface area (Å²) in [6.45, 7) is 7.21. The number of amides is 1. The van der Waals surface area contributed by atoms with Crippen LogP contribution < -0.4 is 0 Å². The Labute approximate surface area is 156 Å². The first-order chi connectivity index (χ1) is 12.6. The molecule has 0 spiro atoms. The average molecular weight is 354 g/mol. The van der Waals surface area contributed by atoms with Crippen molar-refractivity contribution in [2.75, 3.05) is 26.7 Å². The first-order valence-corrected chi connectivity index (χ1v) is 10.1. The fourth-order valence-corrected chi connectivity index (χ4v) is 5.08. The lowest BCUT2D eigenvalue weighted by Gasteiger charge is -2.42. The third-order valence-corrected chi connectivity index (χ3v) is 6.75. The maximum atomic E-state index is 13.2. The minimum absolute atomic E-state index is 0.202. The van der Waals surface area contributed by atoms with E-state index in [0.29, 0.717) is 0 Å². The van der Waals surface area contributed by atoms with Gasteiger partial charge in [0.1, 0.15) is 0 Å². The minimum atomic E-state index is 0.202. The van der Waals surface area contributed by atoms with E-state index in [9.17, 15) is 4.79 Å². The standard InChI is InChI=1S/C22H31N3O/c1-15-16(2)23-19-8-6-7-18(21(15)19)22(26)25-13-10-17(11-14-25)20-9-4-5-12-24(20)3/h6-8,17,20,23H,4-5,9-14H2,1-3H3/t20-/m0/s1. The zero-order valence-corrected chi connectivity index (χ0v) is 16.3. The van der Waals surface area contributed by atoms with E-state index in [1.165, 1.54) is 31.4 Å². The molecular weight excluding hydrogens is 322 g/mol. The molecule has 1 aromatic carbocycles. The van der Waals surface area contributed by atoms with Gasteiger partial charge in [0.15, 0.2) is 0 Å². The lowest BCUT2D eigenvalue weighted by Crippen LogP contribution is -2.47. The molecule has 0 radical (unpaired) electrons. The van der Waals surface area contributed by atoms with E-state index in [1.54, 1.807) is 0 Å². The number of carbonyl (C=O) groups excluding carboxylic acids is 1. The van der Waals surface area contributed by atoms with Gasteiger partial charge in [0, 0.05) is 41.3 Å². The number of piperidine rings is 2. The van der Waals surface area contributed by atoms with Crippen molar-refractivity contribution in [1.29, 1.82) is 0 Å². The molecule has 2 aliphatic heterocycles. The Kier molecular flexibility index (Phi) is 4.78. The van der Waals surface area contributed by atoms with E-state index in [0.717, 1.165) is 60.1 Å². The summed E-state index contributed by atoms with van der Waals surface area (Å²) in [5, 5.41) is 1.10. The minimum Gasteiger partial charge on any atom is -0.358 e. The number of likely N-dealkylation sites (tertiary alicyclic amines) is 2. The number of H-pyrrole nitrogens is 1. The van der Waals surface area contributed by atoms with Crippen LogP contribution in [0.2, 0.25) is 0 Å². The van der Waals surface area contributed by atoms with E-state index >= 15 is 0 Å². The summed E-state index contributed by atoms with van der Waals surface area (Å²) in [6.07, 6.45) is 6.31. The predicted octanol–water partition coefficient (Wildman–Crippen LogP) is 4.12. The molecule has 0 saturated carbocycles. The molecule has 2 aromatic rings. The summed E-state index contributed by atoms with van der Waals surface area (Å²) in [7, 11) is 2.28. The van der Waals surface area contributed by atoms with Gasteiger partial charge < -0.3 is 14.8 Å². The number of aromatic nitrogens is 1. The first kappa shape index (κ1) is 17.6. The van der Waals surface area contributed by atoms with Gasteiger partial charge in [-0.3, -0.25) is 4.79 Å². The van der Waals surface area contributed by atoms with Crippen LogP contribution in [0.25, 0.3) is 10.9 Å². The highest BCUT2D eigenvalue weighted by molar-refractivity contribution is 6.08. The third kappa shape index (κ3) is 3.05. The van der Waals surface area contributed by atoms with E-state index in [2.05, 4.69) is 41.7 Å². The molecule has 1 aromatic heterocycles. The number of carbonyl (C=O) groups is 1. The third-order valence-electron chi connectivity index (χ3n) is 6.75. The Bertz CT molecular complexity index is 801. The van der Waals surface area contributed by atoms with Gasteiger partial charge in [-0.15, -0.1) is 0 Å². The van der Waals surface area contributed by atoms with Gasteiger partial charge in [-0.25, -0.2) is 0 Å². The van der Waals surface area contributed by atoms with Gasteiger partial charge in [0.05, 0.1) is 0 Å². The quantitative estimate of drug-likeness (QED) is 0.882. The fourth-order valence-electron chi connectivity index (χ4n) is 5.08. The summed E-state index contributed by atoms with van der Waals surface area (Å²) in [5.41, 5.74) is 4.28. The highest BCUT2D eigenvalue weighted by atomic mass is 16.2. The van der Waals surface area contributed by atoms with Crippen LogP contribution in [0.5, 0.6) is 0 Å². The van der Waals surface area contributed by atoms with Crippen molar-refractivity contribution in [3.8, 4) is 0 Å². The Hall–Kier alpha value is -1.81. The molecule has 2 fully saturated rings. The molecule has 26 heavy (non-hydrogen) atoms. The van der Waals surface area contributed by atoms with Crippen molar-refractivity contribution in [2.45, 2.75) is 52.0 Å². The Morgan fingerprint density at radius 2 is 1.85 bits per heavy atom. The van der Waals surface area contributed by atoms with Gasteiger partial charge in [-0.05, 0) is 76.7 Å². The van der Waals surface area contributed by atoms with Crippen LogP contribution in [0.1, 0.15) is 53.7 Å². The van der Waals surface area contributed by atoms with Crippen LogP contribution in [-0.2, 0) is 0 Å². The maximum Gasteiger partial charge on any atom is 0.254 e. The average Bonchev–Trinajstić information content (AvgIpc) is 2.96. The molecule has 1 amide bonds. The number of nitrogens with zero attached hydrogens (tertiary/aromatic N) is 2. The summed E-state index contributed by atoms with van der Waals surface area (Å²) in [6, 6.07) is 6.77. The molecular formula is C22H31N3O. The van der Waals surface area contributed by atoms with Crippen LogP contribution in [0.3, 0.4) is 0 Å². The SMILES string of the molecule is Cc1[nH]c2cccc(C(=O)N3CCC([C@@H]4CCCCN4C)CC3)c2c1C. The Balaban J connectivity index is 1.49. The number of fused-ring (bicyclic) bond motifs is 1. The highest BCUT2D eigenvalue weighted by Crippen LogP contribution is 2.31. The highest BCUT2D eigenvalue weighted by Gasteiger charge is 2.32. The molecule has 1 N–H and O–H groups in total. The number of rotatable bonds is 2. The maximum absolute atomic E-state index is 13.2. The van der Waals surface area contributed by atoms with Gasteiger partial charge in [-0.1, -0.05) is 12.5 Å². The van der Waals surface area contributed by atoms with Gasteiger partial charge in [0.2, 0.25) is 0 Å². The Morgan fingerprint density at radius 3 is 2.58 bits per heavy atom. The summed E-state index contributed by atoms with van der Waals surface area (Å²) in [5.74, 6) is 0.949. The number of aromatic amines is 1. The number of hydrogen-bond donors (Lipinski definition) is 1. The van der Waals surface area contributed by atoms with Gasteiger partial charge >= 0.3 is 0 Å². The van der Waals surface area contributed by atoms with Crippen molar-refractivity contribution in [2.24, 2.45) is 5.92 Å². The van der Waals surface area contributed by atoms with Crippen LogP contribution in [0.15, 0.2) is 18.2 Å². The van der Waals surface area contributed by atoms with Gasteiger partial charge in [0.25, 0.3) is 5.91 Å². The number of aryl methyl sites for hydroxylation is 2. The topological polar surface area (TPSA) is 39.3 Å². The summed E-state index contributed by atoms with van der Waals surface area (Å²) in [4.78, 5) is 21.3. The summed E-state index contributed by atoms with van der Waals surface area (Å²) < 4.78 is 0. The van der Waals surface area contributed by atoms with E-state index in [-0.39, 0.29) is 5.91 Å². The molecule has 0 aliphatic carbocycles. The lowest BCUT2D eigenvalue weighted by molar-refractivity contribution is 0.0556. The van der Waals surface area contributed by atoms with Crippen LogP contribution in [0, 0.1) is 19.8 Å². The van der Waals surface area contributed by atoms with Crippen LogP contribution >= 0.6 is 0 Å². The lowest BCUT2D eigenvalue weighted by atomic mass is 9.84. The van der Waals surface area contributed by atoms with Crippen molar-refractivity contribution in [3.05, 3.63) is 35.0 Å². The zero-order valence-electron chi connectivity index (χ0n) is 16.3. The molecule has 4 rings (SSSR count). The van der Waals surface area contributed by atoms with E-state index in [1.807, 2.05) is 12.1 Å². The number of benzene rings is 1. The smallest absolute Gasteiger partial charge is 0.254 e. The van der Waals surface area contributed by atoms with E-state index in [4.69, 9.17) is 0 Å². The molecule has 4 heteroatoms. The largest absolute Gasteiger partial charge is 0.358 e. The van der Waals surface area contributed by atoms with E-state index < -0.39 is 0 Å². The summed E-state index contributed by atoms with van der Waals surface area (Å²) >= 11 is 0. The second-order valence-electron chi connectivity index (χ2n) is 8.28. The van der Waals surface area contributed by atoms with Crippen molar-refractivity contribution >= 4 is 16.8 Å².